The summed E-state index contributed by atoms with van der Waals surface area (Å²) in [7, 11) is 0. The lowest BCUT2D eigenvalue weighted by atomic mass is 9.38. The summed E-state index contributed by atoms with van der Waals surface area (Å²) in [5.74, 6) is 0.0449. The van der Waals surface area contributed by atoms with Gasteiger partial charge < -0.3 is 139 Å². The van der Waals surface area contributed by atoms with E-state index in [0.29, 0.717) is 32.1 Å². The lowest BCUT2D eigenvalue weighted by molar-refractivity contribution is -0.379. The highest BCUT2D eigenvalue weighted by Crippen LogP contribution is 2.75. The first kappa shape index (κ1) is 69.9. The van der Waals surface area contributed by atoms with E-state index in [0.717, 1.165) is 18.4 Å². The van der Waals surface area contributed by atoms with Gasteiger partial charge in [-0.2, -0.15) is 0 Å². The van der Waals surface area contributed by atoms with Crippen molar-refractivity contribution in [2.24, 2.45) is 45.3 Å². The molecule has 0 radical (unpaired) electrons. The summed E-state index contributed by atoms with van der Waals surface area (Å²) in [5.41, 5.74) is -2.40. The van der Waals surface area contributed by atoms with Crippen LogP contribution in [0.3, 0.4) is 0 Å². The molecule has 5 saturated heterocycles. The molecule has 34 atom stereocenters. The Bertz CT molecular complexity index is 2290. The van der Waals surface area contributed by atoms with Gasteiger partial charge in [0.05, 0.1) is 56.9 Å². The van der Waals surface area contributed by atoms with Crippen LogP contribution < -0.4 is 0 Å². The highest BCUT2D eigenvalue weighted by molar-refractivity contribution is 5.32. The predicted octanol–water partition coefficient (Wildman–Crippen LogP) is -4.77. The summed E-state index contributed by atoms with van der Waals surface area (Å²) in [6.45, 7) is 12.9. The minimum absolute atomic E-state index is 0.0169. The maximum Gasteiger partial charge on any atom is 0.187 e. The third kappa shape index (κ3) is 12.7. The number of hydrogen-bond donors (Lipinski definition) is 18. The zero-order valence-corrected chi connectivity index (χ0v) is 50.8. The van der Waals surface area contributed by atoms with Crippen LogP contribution in [0.2, 0.25) is 0 Å². The second-order valence-electron chi connectivity index (χ2n) is 28.2. The maximum absolute atomic E-state index is 12.8. The second-order valence-corrected chi connectivity index (χ2v) is 28.2. The Morgan fingerprint density at radius 3 is 1.67 bits per heavy atom. The van der Waals surface area contributed by atoms with Gasteiger partial charge in [0, 0.05) is 10.8 Å². The molecule has 8 fully saturated rings. The predicted molar refractivity (Wildman–Crippen MR) is 294 cm³/mol. The maximum atomic E-state index is 12.8. The Morgan fingerprint density at radius 2 is 1.08 bits per heavy atom. The minimum Gasteiger partial charge on any atom is -0.394 e. The van der Waals surface area contributed by atoms with E-state index in [2.05, 4.69) is 33.8 Å². The van der Waals surface area contributed by atoms with Gasteiger partial charge in [0.15, 0.2) is 31.5 Å². The lowest BCUT2D eigenvalue weighted by Crippen LogP contribution is -2.66. The Morgan fingerprint density at radius 1 is 0.563 bits per heavy atom. The molecule has 5 aliphatic heterocycles. The molecule has 9 rings (SSSR count). The molecule has 0 spiro atoms. The highest BCUT2D eigenvalue weighted by atomic mass is 16.8. The quantitative estimate of drug-likeness (QED) is 0.0540. The number of hydrogen-bond acceptors (Lipinski definition) is 28. The number of aliphatic hydroxyl groups is 18. The molecule has 3 saturated carbocycles. The molecule has 0 aromatic carbocycles. The normalized spacial score (nSPS) is 51.8. The molecule has 0 aromatic rings. The van der Waals surface area contributed by atoms with Crippen molar-refractivity contribution < 1.29 is 139 Å². The van der Waals surface area contributed by atoms with E-state index in [1.165, 1.54) is 13.8 Å². The Labute approximate surface area is 506 Å². The lowest BCUT2D eigenvalue weighted by Gasteiger charge is -2.67. The van der Waals surface area contributed by atoms with Crippen molar-refractivity contribution in [2.75, 3.05) is 33.0 Å². The van der Waals surface area contributed by atoms with Crippen LogP contribution in [0.4, 0.5) is 0 Å². The topological polar surface area (TPSA) is 456 Å². The largest absolute Gasteiger partial charge is 0.394 e. The first-order chi connectivity index (χ1) is 40.7. The standard InChI is InChI=1S/C59H100O28/c1-23(9-13-35(56(4,5)77)85-54-49(87-53-46(75)41(70)38(67)29(19-61)81-53)42(71)39(68)31(83-54)22-79-50-44(73)36(65)27(63)21-78-50)24-15-16-57(6)32-12-10-25-26(59(32,8)33(64)17-58(24,57)7)11-14-34(55(25,2)3)84-51-47(76)43(72)48(30(20-62)82-51)86-52-45(74)40(69)37(66)28(18-60)80-52/h10,23-24,26-54,60-77H,9,11-22H2,1-8H3/t23-,24-,26-,27-,28?,29?,30?,31?,32+,33-,34+,35-,36?,37-,38-,39-,40?,41?,42?,43?,44?,45?,46?,47?,48-,49?,50+,51+,52+,53+,54+,57+,58-,59+/m1/s1. The number of rotatable bonds is 19. The third-order valence-corrected chi connectivity index (χ3v) is 22.5. The van der Waals surface area contributed by atoms with Crippen LogP contribution in [-0.4, -0.2) is 296 Å². The van der Waals surface area contributed by atoms with Crippen LogP contribution in [0.5, 0.6) is 0 Å². The van der Waals surface area contributed by atoms with Crippen LogP contribution in [-0.2, 0) is 47.4 Å². The zero-order valence-electron chi connectivity index (χ0n) is 50.8. The van der Waals surface area contributed by atoms with Crippen molar-refractivity contribution in [2.45, 2.75) is 278 Å². The average molecular weight is 1260 g/mol. The van der Waals surface area contributed by atoms with Crippen LogP contribution in [0, 0.1) is 45.3 Å². The van der Waals surface area contributed by atoms with E-state index in [1.807, 2.05) is 13.8 Å². The fraction of sp³-hybridized carbons (Fsp3) is 0.966. The van der Waals surface area contributed by atoms with E-state index < -0.39 is 209 Å². The summed E-state index contributed by atoms with van der Waals surface area (Å²) in [6.07, 6.45) is -35.0. The Kier molecular flexibility index (Phi) is 21.5. The minimum atomic E-state index is -1.93. The van der Waals surface area contributed by atoms with E-state index in [9.17, 15) is 91.9 Å². The van der Waals surface area contributed by atoms with Crippen LogP contribution in [0.1, 0.15) is 107 Å². The fourth-order valence-corrected chi connectivity index (χ4v) is 16.8. The molecular weight excluding hydrogens is 1160 g/mol. The smallest absolute Gasteiger partial charge is 0.187 e. The van der Waals surface area contributed by atoms with Gasteiger partial charge in [0.2, 0.25) is 0 Å². The number of fused-ring (bicyclic) bond motifs is 5. The molecule has 0 aromatic heterocycles. The van der Waals surface area contributed by atoms with Crippen molar-refractivity contribution in [3.05, 3.63) is 11.6 Å². The molecule has 4 aliphatic carbocycles. The molecule has 9 aliphatic rings. The van der Waals surface area contributed by atoms with Crippen LogP contribution in [0.25, 0.3) is 0 Å². The Balaban J connectivity index is 0.880. The average Bonchev–Trinajstić information content (AvgIpc) is 1.70. The van der Waals surface area contributed by atoms with Gasteiger partial charge in [0.25, 0.3) is 0 Å². The molecule has 18 N–H and O–H groups in total. The van der Waals surface area contributed by atoms with Crippen molar-refractivity contribution in [1.29, 1.82) is 0 Å². The molecule has 504 valence electrons. The highest BCUT2D eigenvalue weighted by Gasteiger charge is 2.70. The van der Waals surface area contributed by atoms with Gasteiger partial charge in [-0.1, -0.05) is 53.2 Å². The second kappa shape index (κ2) is 26.8. The first-order valence-electron chi connectivity index (χ1n) is 31.0. The number of aliphatic hydroxyl groups excluding tert-OH is 17. The van der Waals surface area contributed by atoms with Gasteiger partial charge in [-0.25, -0.2) is 0 Å². The third-order valence-electron chi connectivity index (χ3n) is 22.5. The molecule has 28 heteroatoms. The molecule has 5 heterocycles. The van der Waals surface area contributed by atoms with Crippen molar-refractivity contribution >= 4 is 0 Å². The van der Waals surface area contributed by atoms with Gasteiger partial charge in [-0.3, -0.25) is 0 Å². The summed E-state index contributed by atoms with van der Waals surface area (Å²) >= 11 is 0. The first-order valence-corrected chi connectivity index (χ1v) is 31.0. The van der Waals surface area contributed by atoms with E-state index >= 15 is 0 Å². The molecule has 87 heavy (non-hydrogen) atoms. The molecular formula is C59H100O28. The molecule has 0 bridgehead atoms. The van der Waals surface area contributed by atoms with E-state index in [4.69, 9.17) is 47.4 Å². The van der Waals surface area contributed by atoms with Crippen molar-refractivity contribution in [3.63, 3.8) is 0 Å². The molecule has 0 amide bonds. The monoisotopic (exact) mass is 1260 g/mol. The zero-order chi connectivity index (χ0) is 63.9. The van der Waals surface area contributed by atoms with Crippen LogP contribution in [0.15, 0.2) is 11.6 Å². The van der Waals surface area contributed by atoms with Gasteiger partial charge in [0.1, 0.15) is 116 Å². The molecule has 14 unspecified atom stereocenters. The molecule has 28 nitrogen and oxygen atoms in total. The fourth-order valence-electron chi connectivity index (χ4n) is 16.8. The van der Waals surface area contributed by atoms with Crippen molar-refractivity contribution in [3.8, 4) is 0 Å². The summed E-state index contributed by atoms with van der Waals surface area (Å²) in [6, 6.07) is 0. The van der Waals surface area contributed by atoms with Gasteiger partial charge in [-0.15, -0.1) is 0 Å². The van der Waals surface area contributed by atoms with E-state index in [1.54, 1.807) is 0 Å². The summed E-state index contributed by atoms with van der Waals surface area (Å²) in [4.78, 5) is 0. The Hall–Kier alpha value is -1.38. The summed E-state index contributed by atoms with van der Waals surface area (Å²) in [5, 5.41) is 195. The van der Waals surface area contributed by atoms with E-state index in [-0.39, 0.29) is 47.5 Å². The number of ether oxygens (including phenoxy) is 10. The SMILES string of the molecule is C[C@H](CC[C@@H](O[C@@H]1OC(CO[C@@H]2OC[C@@H](O)C(O)C2O)[C@@H](O)C(O)C1O[C@@H]1OC(CO)[C@@H](O)C(O)C1O)C(C)(C)O)[C@H]1CC[C@@]2(C)[C@@H]3CC=C4[C@@H](CC[C@H](O[C@@H]5OC(CO)[C@@H](O[C@@H]6OC(CO)[C@@H](O)C(O)C6O)C(O)C5O)C4(C)C)[C@]3(C)[C@H](O)C[C@]12C. The van der Waals surface area contributed by atoms with Gasteiger partial charge in [-0.05, 0) is 99.7 Å². The van der Waals surface area contributed by atoms with Crippen molar-refractivity contribution in [1.82, 2.24) is 0 Å². The summed E-state index contributed by atoms with van der Waals surface area (Å²) < 4.78 is 59.4. The van der Waals surface area contributed by atoms with Gasteiger partial charge >= 0.3 is 0 Å². The number of allylic oxidation sites excluding steroid dienone is 1. The van der Waals surface area contributed by atoms with Crippen LogP contribution >= 0.6 is 0 Å².